The van der Waals surface area contributed by atoms with Crippen LogP contribution < -0.4 is 5.32 Å². The molecule has 2 aromatic carbocycles. The van der Waals surface area contributed by atoms with Crippen molar-refractivity contribution in [1.29, 1.82) is 0 Å². The van der Waals surface area contributed by atoms with Crippen molar-refractivity contribution in [1.82, 2.24) is 0 Å². The molecule has 20 heavy (non-hydrogen) atoms. The van der Waals surface area contributed by atoms with Crippen LogP contribution in [0.2, 0.25) is 0 Å². The highest BCUT2D eigenvalue weighted by Gasteiger charge is 2.10. The SMILES string of the molecule is O=C(O)c1ccc(NCc2cccc(O)c2O)cc1O. The summed E-state index contributed by atoms with van der Waals surface area (Å²) in [4.78, 5) is 10.8. The second-order valence-corrected chi connectivity index (χ2v) is 4.18. The summed E-state index contributed by atoms with van der Waals surface area (Å²) in [5, 5.41) is 40.2. The highest BCUT2D eigenvalue weighted by atomic mass is 16.4. The average Bonchev–Trinajstić information content (AvgIpc) is 2.40. The van der Waals surface area contributed by atoms with Crippen molar-refractivity contribution in [2.75, 3.05) is 5.32 Å². The van der Waals surface area contributed by atoms with Crippen LogP contribution in [0.3, 0.4) is 0 Å². The number of anilines is 1. The summed E-state index contributed by atoms with van der Waals surface area (Å²) >= 11 is 0. The fourth-order valence-electron chi connectivity index (χ4n) is 1.74. The Bertz CT molecular complexity index is 654. The molecule has 0 heterocycles. The van der Waals surface area contributed by atoms with Gasteiger partial charge in [-0.3, -0.25) is 0 Å². The van der Waals surface area contributed by atoms with Crippen LogP contribution in [-0.2, 0) is 6.54 Å². The van der Waals surface area contributed by atoms with Crippen LogP contribution in [-0.4, -0.2) is 26.4 Å². The first-order valence-corrected chi connectivity index (χ1v) is 5.79. The van der Waals surface area contributed by atoms with E-state index in [9.17, 15) is 20.1 Å². The highest BCUT2D eigenvalue weighted by Crippen LogP contribution is 2.29. The minimum Gasteiger partial charge on any atom is -0.507 e. The highest BCUT2D eigenvalue weighted by molar-refractivity contribution is 5.91. The molecule has 0 radical (unpaired) electrons. The summed E-state index contributed by atoms with van der Waals surface area (Å²) in [7, 11) is 0. The monoisotopic (exact) mass is 275 g/mol. The Morgan fingerprint density at radius 2 is 1.80 bits per heavy atom. The number of carboxylic acids is 1. The molecule has 0 unspecified atom stereocenters. The minimum absolute atomic E-state index is 0.184. The first-order chi connectivity index (χ1) is 9.49. The molecule has 0 amide bonds. The van der Waals surface area contributed by atoms with Gasteiger partial charge in [0, 0.05) is 23.9 Å². The van der Waals surface area contributed by atoms with Crippen LogP contribution in [0.4, 0.5) is 5.69 Å². The second kappa shape index (κ2) is 5.40. The number of para-hydroxylation sites is 1. The smallest absolute Gasteiger partial charge is 0.339 e. The van der Waals surface area contributed by atoms with E-state index in [1.807, 2.05) is 0 Å². The Morgan fingerprint density at radius 3 is 2.45 bits per heavy atom. The van der Waals surface area contributed by atoms with Crippen molar-refractivity contribution >= 4 is 11.7 Å². The molecule has 0 aromatic heterocycles. The Kier molecular flexibility index (Phi) is 3.65. The molecule has 0 atom stereocenters. The Labute approximate surface area is 114 Å². The van der Waals surface area contributed by atoms with E-state index in [1.165, 1.54) is 24.3 Å². The van der Waals surface area contributed by atoms with Crippen LogP contribution in [0.5, 0.6) is 17.2 Å². The third-order valence-corrected chi connectivity index (χ3v) is 2.81. The normalized spacial score (nSPS) is 10.2. The van der Waals surface area contributed by atoms with E-state index < -0.39 is 5.97 Å². The number of aromatic hydroxyl groups is 3. The first kappa shape index (κ1) is 13.5. The Morgan fingerprint density at radius 1 is 1.05 bits per heavy atom. The van der Waals surface area contributed by atoms with Crippen molar-refractivity contribution in [3.63, 3.8) is 0 Å². The molecule has 0 aliphatic heterocycles. The van der Waals surface area contributed by atoms with Crippen molar-refractivity contribution in [2.45, 2.75) is 6.54 Å². The molecule has 6 heteroatoms. The summed E-state index contributed by atoms with van der Waals surface area (Å²) in [6.45, 7) is 0.214. The van der Waals surface area contributed by atoms with Crippen LogP contribution in [0, 0.1) is 0 Å². The molecule has 104 valence electrons. The number of carboxylic acid groups (broad SMARTS) is 1. The Hall–Kier alpha value is -2.89. The summed E-state index contributed by atoms with van der Waals surface area (Å²) in [6.07, 6.45) is 0. The summed E-state index contributed by atoms with van der Waals surface area (Å²) < 4.78 is 0. The van der Waals surface area contributed by atoms with E-state index in [2.05, 4.69) is 5.32 Å². The largest absolute Gasteiger partial charge is 0.507 e. The van der Waals surface area contributed by atoms with Gasteiger partial charge in [-0.05, 0) is 18.2 Å². The predicted molar refractivity (Wildman–Crippen MR) is 72.2 cm³/mol. The van der Waals surface area contributed by atoms with Gasteiger partial charge in [-0.2, -0.15) is 0 Å². The quantitative estimate of drug-likeness (QED) is 0.547. The van der Waals surface area contributed by atoms with Gasteiger partial charge in [-0.25, -0.2) is 4.79 Å². The van der Waals surface area contributed by atoms with Gasteiger partial charge in [-0.1, -0.05) is 12.1 Å². The molecule has 0 saturated carbocycles. The molecule has 0 aliphatic carbocycles. The van der Waals surface area contributed by atoms with Crippen molar-refractivity contribution < 1.29 is 25.2 Å². The molecular weight excluding hydrogens is 262 g/mol. The summed E-state index contributed by atoms with van der Waals surface area (Å²) in [5.74, 6) is -1.98. The molecule has 0 saturated heterocycles. The van der Waals surface area contributed by atoms with E-state index in [4.69, 9.17) is 5.11 Å². The van der Waals surface area contributed by atoms with Gasteiger partial charge in [0.05, 0.1) is 0 Å². The zero-order valence-electron chi connectivity index (χ0n) is 10.4. The topological polar surface area (TPSA) is 110 Å². The maximum absolute atomic E-state index is 10.8. The number of carbonyl (C=O) groups is 1. The maximum Gasteiger partial charge on any atom is 0.339 e. The lowest BCUT2D eigenvalue weighted by molar-refractivity contribution is 0.0694. The Balaban J connectivity index is 2.13. The number of nitrogens with one attached hydrogen (secondary N) is 1. The lowest BCUT2D eigenvalue weighted by Gasteiger charge is -2.10. The van der Waals surface area contributed by atoms with E-state index in [0.717, 1.165) is 0 Å². The number of hydrogen-bond acceptors (Lipinski definition) is 5. The fourth-order valence-corrected chi connectivity index (χ4v) is 1.74. The molecule has 0 bridgehead atoms. The lowest BCUT2D eigenvalue weighted by Crippen LogP contribution is -2.01. The van der Waals surface area contributed by atoms with E-state index in [1.54, 1.807) is 12.1 Å². The van der Waals surface area contributed by atoms with Gasteiger partial charge in [0.15, 0.2) is 11.5 Å². The van der Waals surface area contributed by atoms with Gasteiger partial charge in [-0.15, -0.1) is 0 Å². The molecule has 0 fully saturated rings. The summed E-state index contributed by atoms with van der Waals surface area (Å²) in [6, 6.07) is 8.66. The van der Waals surface area contributed by atoms with Gasteiger partial charge < -0.3 is 25.7 Å². The van der Waals surface area contributed by atoms with Crippen molar-refractivity contribution in [2.24, 2.45) is 0 Å². The number of aromatic carboxylic acids is 1. The maximum atomic E-state index is 10.8. The average molecular weight is 275 g/mol. The first-order valence-electron chi connectivity index (χ1n) is 5.79. The third-order valence-electron chi connectivity index (χ3n) is 2.81. The fraction of sp³-hybridized carbons (Fsp3) is 0.0714. The number of phenolic OH excluding ortho intramolecular Hbond substituents is 2. The summed E-state index contributed by atoms with van der Waals surface area (Å²) in [5.41, 5.74) is 0.790. The van der Waals surface area contributed by atoms with Crippen LogP contribution in [0.15, 0.2) is 36.4 Å². The van der Waals surface area contributed by atoms with E-state index in [-0.39, 0.29) is 29.4 Å². The molecule has 2 rings (SSSR count). The number of benzene rings is 2. The minimum atomic E-state index is -1.21. The van der Waals surface area contributed by atoms with Gasteiger partial charge in [0.2, 0.25) is 0 Å². The third kappa shape index (κ3) is 2.74. The second-order valence-electron chi connectivity index (χ2n) is 4.18. The molecule has 0 spiro atoms. The molecule has 0 aliphatic rings. The van der Waals surface area contributed by atoms with Gasteiger partial charge in [0.1, 0.15) is 11.3 Å². The number of hydrogen-bond donors (Lipinski definition) is 5. The zero-order valence-corrected chi connectivity index (χ0v) is 10.4. The molecule has 2 aromatic rings. The van der Waals surface area contributed by atoms with E-state index >= 15 is 0 Å². The van der Waals surface area contributed by atoms with Gasteiger partial charge in [0.25, 0.3) is 0 Å². The van der Waals surface area contributed by atoms with Gasteiger partial charge >= 0.3 is 5.97 Å². The standard InChI is InChI=1S/C14H13NO5/c16-11-3-1-2-8(13(11)18)7-15-9-4-5-10(14(19)20)12(17)6-9/h1-6,15-18H,7H2,(H,19,20). The van der Waals surface area contributed by atoms with Crippen LogP contribution in [0.25, 0.3) is 0 Å². The zero-order chi connectivity index (χ0) is 14.7. The van der Waals surface area contributed by atoms with Crippen LogP contribution >= 0.6 is 0 Å². The molecule has 6 nitrogen and oxygen atoms in total. The molecule has 5 N–H and O–H groups in total. The lowest BCUT2D eigenvalue weighted by atomic mass is 10.1. The van der Waals surface area contributed by atoms with Crippen LogP contribution in [0.1, 0.15) is 15.9 Å². The van der Waals surface area contributed by atoms with E-state index in [0.29, 0.717) is 11.3 Å². The number of phenols is 3. The number of rotatable bonds is 4. The molecular formula is C14H13NO5. The van der Waals surface area contributed by atoms with Crippen molar-refractivity contribution in [3.8, 4) is 17.2 Å². The predicted octanol–water partition coefficient (Wildman–Crippen LogP) is 2.11. The van der Waals surface area contributed by atoms with Crippen molar-refractivity contribution in [3.05, 3.63) is 47.5 Å².